The van der Waals surface area contributed by atoms with Crippen LogP contribution < -0.4 is 5.56 Å². The number of carbonyl (C=O) groups is 1. The summed E-state index contributed by atoms with van der Waals surface area (Å²) in [6, 6.07) is 14.5. The van der Waals surface area contributed by atoms with E-state index < -0.39 is 6.10 Å². The SMILES string of the molecule is C[C@H](O)Cn1c2c(c3ccccc3c1=O)C(=O)c1ccccc1-2. The molecule has 1 N–H and O–H groups in total. The van der Waals surface area contributed by atoms with Crippen LogP contribution in [0.15, 0.2) is 53.3 Å². The van der Waals surface area contributed by atoms with Gasteiger partial charge in [-0.15, -0.1) is 0 Å². The maximum atomic E-state index is 12.9. The van der Waals surface area contributed by atoms with Crippen LogP contribution in [0, 0.1) is 0 Å². The van der Waals surface area contributed by atoms with Crippen molar-refractivity contribution in [1.82, 2.24) is 4.57 Å². The van der Waals surface area contributed by atoms with Crippen LogP contribution >= 0.6 is 0 Å². The van der Waals surface area contributed by atoms with Gasteiger partial charge in [-0.2, -0.15) is 0 Å². The fourth-order valence-corrected chi connectivity index (χ4v) is 3.37. The summed E-state index contributed by atoms with van der Waals surface area (Å²) in [5.74, 6) is -0.0638. The summed E-state index contributed by atoms with van der Waals surface area (Å²) in [6.07, 6.45) is -0.680. The maximum absolute atomic E-state index is 12.9. The summed E-state index contributed by atoms with van der Waals surface area (Å²) < 4.78 is 1.53. The molecule has 0 bridgehead atoms. The minimum atomic E-state index is -0.680. The molecule has 114 valence electrons. The Kier molecular flexibility index (Phi) is 2.96. The summed E-state index contributed by atoms with van der Waals surface area (Å²) in [7, 11) is 0. The molecule has 0 saturated carbocycles. The number of aliphatic hydroxyl groups is 1. The van der Waals surface area contributed by atoms with Crippen molar-refractivity contribution in [2.24, 2.45) is 0 Å². The molecule has 4 rings (SSSR count). The number of carbonyl (C=O) groups excluding carboxylic acids is 1. The van der Waals surface area contributed by atoms with Crippen molar-refractivity contribution in [1.29, 1.82) is 0 Å². The number of hydrogen-bond acceptors (Lipinski definition) is 3. The lowest BCUT2D eigenvalue weighted by Gasteiger charge is -2.16. The van der Waals surface area contributed by atoms with Gasteiger partial charge in [-0.1, -0.05) is 42.5 Å². The Morgan fingerprint density at radius 2 is 1.57 bits per heavy atom. The summed E-state index contributed by atoms with van der Waals surface area (Å²) >= 11 is 0. The Hall–Kier alpha value is -2.72. The first kappa shape index (κ1) is 13.9. The van der Waals surface area contributed by atoms with E-state index in [9.17, 15) is 14.7 Å². The third kappa shape index (κ3) is 1.88. The maximum Gasteiger partial charge on any atom is 0.259 e. The van der Waals surface area contributed by atoms with Crippen LogP contribution in [-0.2, 0) is 6.54 Å². The number of aliphatic hydroxyl groups excluding tert-OH is 1. The average Bonchev–Trinajstić information content (AvgIpc) is 2.85. The molecule has 0 unspecified atom stereocenters. The first-order valence-electron chi connectivity index (χ1n) is 7.57. The van der Waals surface area contributed by atoms with E-state index in [2.05, 4.69) is 0 Å². The molecule has 1 heterocycles. The van der Waals surface area contributed by atoms with E-state index in [1.807, 2.05) is 30.3 Å². The summed E-state index contributed by atoms with van der Waals surface area (Å²) in [5.41, 5.74) is 2.37. The van der Waals surface area contributed by atoms with Gasteiger partial charge in [0.15, 0.2) is 5.78 Å². The van der Waals surface area contributed by atoms with E-state index in [0.29, 0.717) is 27.6 Å². The van der Waals surface area contributed by atoms with Crippen molar-refractivity contribution in [3.8, 4) is 11.3 Å². The molecular weight excluding hydrogens is 290 g/mol. The van der Waals surface area contributed by atoms with Crippen molar-refractivity contribution < 1.29 is 9.90 Å². The molecule has 1 aliphatic carbocycles. The van der Waals surface area contributed by atoms with E-state index in [1.165, 1.54) is 4.57 Å². The zero-order valence-electron chi connectivity index (χ0n) is 12.6. The Labute approximate surface area is 132 Å². The highest BCUT2D eigenvalue weighted by Crippen LogP contribution is 2.39. The van der Waals surface area contributed by atoms with Crippen molar-refractivity contribution in [3.63, 3.8) is 0 Å². The van der Waals surface area contributed by atoms with Crippen molar-refractivity contribution in [3.05, 3.63) is 70.0 Å². The molecule has 1 aromatic heterocycles. The molecule has 0 spiro atoms. The third-order valence-electron chi connectivity index (χ3n) is 4.28. The standard InChI is InChI=1S/C19H15NO3/c1-11(21)10-20-17-13-7-3-4-8-14(13)18(22)16(17)12-6-2-5-9-15(12)19(20)23/h2-9,11,21H,10H2,1H3/t11-/m0/s1. The minimum absolute atomic E-state index is 0.0638. The Morgan fingerprint density at radius 3 is 2.26 bits per heavy atom. The molecule has 0 amide bonds. The lowest BCUT2D eigenvalue weighted by molar-refractivity contribution is 0.104. The lowest BCUT2D eigenvalue weighted by atomic mass is 10.0. The second-order valence-corrected chi connectivity index (χ2v) is 5.91. The molecule has 0 aliphatic heterocycles. The van der Waals surface area contributed by atoms with Gasteiger partial charge in [0.1, 0.15) is 0 Å². The highest BCUT2D eigenvalue weighted by Gasteiger charge is 2.32. The van der Waals surface area contributed by atoms with Gasteiger partial charge in [-0.25, -0.2) is 0 Å². The van der Waals surface area contributed by atoms with E-state index in [4.69, 9.17) is 0 Å². The fraction of sp³-hybridized carbons (Fsp3) is 0.158. The zero-order chi connectivity index (χ0) is 16.1. The Morgan fingerprint density at radius 1 is 0.957 bits per heavy atom. The van der Waals surface area contributed by atoms with Gasteiger partial charge in [0, 0.05) is 21.9 Å². The van der Waals surface area contributed by atoms with Crippen LogP contribution in [0.2, 0.25) is 0 Å². The minimum Gasteiger partial charge on any atom is -0.392 e. The second-order valence-electron chi connectivity index (χ2n) is 5.91. The molecule has 1 aliphatic rings. The van der Waals surface area contributed by atoms with Crippen LogP contribution in [0.25, 0.3) is 22.0 Å². The number of ketones is 1. The van der Waals surface area contributed by atoms with Gasteiger partial charge in [-0.3, -0.25) is 9.59 Å². The predicted octanol–water partition coefficient (Wildman–Crippen LogP) is 2.59. The number of hydrogen-bond donors (Lipinski definition) is 1. The largest absolute Gasteiger partial charge is 0.392 e. The fourth-order valence-electron chi connectivity index (χ4n) is 3.37. The Balaban J connectivity index is 2.21. The highest BCUT2D eigenvalue weighted by molar-refractivity contribution is 6.26. The number of nitrogens with zero attached hydrogens (tertiary/aromatic N) is 1. The summed E-state index contributed by atoms with van der Waals surface area (Å²) in [4.78, 5) is 25.8. The molecular formula is C19H15NO3. The summed E-state index contributed by atoms with van der Waals surface area (Å²) in [5, 5.41) is 11.0. The van der Waals surface area contributed by atoms with Gasteiger partial charge in [0.05, 0.1) is 23.9 Å². The van der Waals surface area contributed by atoms with Gasteiger partial charge in [-0.05, 0) is 13.0 Å². The highest BCUT2D eigenvalue weighted by atomic mass is 16.3. The quantitative estimate of drug-likeness (QED) is 0.619. The van der Waals surface area contributed by atoms with Crippen LogP contribution in [0.5, 0.6) is 0 Å². The van der Waals surface area contributed by atoms with Gasteiger partial charge >= 0.3 is 0 Å². The van der Waals surface area contributed by atoms with Gasteiger partial charge in [0.25, 0.3) is 5.56 Å². The van der Waals surface area contributed by atoms with Crippen LogP contribution in [0.1, 0.15) is 22.8 Å². The van der Waals surface area contributed by atoms with Crippen LogP contribution in [-0.4, -0.2) is 21.6 Å². The lowest BCUT2D eigenvalue weighted by Crippen LogP contribution is -2.27. The number of rotatable bonds is 2. The molecule has 1 atom stereocenters. The topological polar surface area (TPSA) is 59.3 Å². The van der Waals surface area contributed by atoms with E-state index in [0.717, 1.165) is 5.56 Å². The van der Waals surface area contributed by atoms with Crippen LogP contribution in [0.3, 0.4) is 0 Å². The molecule has 23 heavy (non-hydrogen) atoms. The van der Waals surface area contributed by atoms with E-state index >= 15 is 0 Å². The number of aromatic nitrogens is 1. The first-order valence-corrected chi connectivity index (χ1v) is 7.57. The van der Waals surface area contributed by atoms with Crippen molar-refractivity contribution >= 4 is 16.6 Å². The molecule has 3 aromatic rings. The van der Waals surface area contributed by atoms with E-state index in [1.54, 1.807) is 25.1 Å². The van der Waals surface area contributed by atoms with Crippen LogP contribution in [0.4, 0.5) is 0 Å². The summed E-state index contributed by atoms with van der Waals surface area (Å²) in [6.45, 7) is 1.80. The van der Waals surface area contributed by atoms with Crippen molar-refractivity contribution in [2.75, 3.05) is 0 Å². The zero-order valence-corrected chi connectivity index (χ0v) is 12.6. The molecule has 4 nitrogen and oxygen atoms in total. The molecule has 4 heteroatoms. The van der Waals surface area contributed by atoms with Crippen molar-refractivity contribution in [2.45, 2.75) is 19.6 Å². The van der Waals surface area contributed by atoms with E-state index in [-0.39, 0.29) is 17.9 Å². The Bertz CT molecular complexity index is 1010. The van der Waals surface area contributed by atoms with Gasteiger partial charge in [0.2, 0.25) is 0 Å². The smallest absolute Gasteiger partial charge is 0.259 e. The number of pyridine rings is 1. The monoisotopic (exact) mass is 305 g/mol. The molecule has 0 saturated heterocycles. The average molecular weight is 305 g/mol. The first-order chi connectivity index (χ1) is 11.1. The molecule has 0 radical (unpaired) electrons. The molecule has 2 aromatic carbocycles. The second kappa shape index (κ2) is 4.89. The number of fused-ring (bicyclic) bond motifs is 5. The normalized spacial score (nSPS) is 13.9. The van der Waals surface area contributed by atoms with Gasteiger partial charge < -0.3 is 9.67 Å². The number of benzene rings is 2. The third-order valence-corrected chi connectivity index (χ3v) is 4.28. The predicted molar refractivity (Wildman–Crippen MR) is 88.8 cm³/mol. The molecule has 0 fully saturated rings.